The van der Waals surface area contributed by atoms with Crippen molar-refractivity contribution in [1.82, 2.24) is 0 Å². The van der Waals surface area contributed by atoms with E-state index in [0.29, 0.717) is 17.9 Å². The van der Waals surface area contributed by atoms with E-state index >= 15 is 0 Å². The lowest BCUT2D eigenvalue weighted by atomic mass is 9.39. The van der Waals surface area contributed by atoms with Crippen molar-refractivity contribution in [3.8, 4) is 0 Å². The van der Waals surface area contributed by atoms with Crippen LogP contribution in [0.5, 0.6) is 0 Å². The molecule has 0 bridgehead atoms. The minimum absolute atomic E-state index is 0.0511. The van der Waals surface area contributed by atoms with Crippen LogP contribution in [-0.4, -0.2) is 36.7 Å². The van der Waals surface area contributed by atoms with Gasteiger partial charge in [0, 0.05) is 37.2 Å². The number of cyclic esters (lactones) is 1. The summed E-state index contributed by atoms with van der Waals surface area (Å²) in [6, 6.07) is 0. The first-order valence-electron chi connectivity index (χ1n) is 11.2. The number of fused-ring (bicyclic) bond motifs is 4. The minimum atomic E-state index is -0.607. The Morgan fingerprint density at radius 1 is 1.03 bits per heavy atom. The normalized spacial score (nSPS) is 41.9. The Hall–Kier alpha value is -1.85. The van der Waals surface area contributed by atoms with Crippen LogP contribution in [0.2, 0.25) is 0 Å². The van der Waals surface area contributed by atoms with Gasteiger partial charge in [0.2, 0.25) is 0 Å². The maximum atomic E-state index is 12.5. The Balaban J connectivity index is 1.93. The molecular weight excluding hydrogens is 384 g/mol. The largest absolute Gasteiger partial charge is 0.462 e. The number of esters is 3. The molecule has 6 heteroatoms. The second kappa shape index (κ2) is 6.83. The summed E-state index contributed by atoms with van der Waals surface area (Å²) in [4.78, 5) is 36.7. The summed E-state index contributed by atoms with van der Waals surface area (Å²) in [6.45, 7) is 12.1. The smallest absolute Gasteiger partial charge is 0.334 e. The van der Waals surface area contributed by atoms with Gasteiger partial charge in [-0.2, -0.15) is 0 Å². The number of hydrogen-bond donors (Lipinski definition) is 0. The fourth-order valence-electron chi connectivity index (χ4n) is 7.80. The van der Waals surface area contributed by atoms with Crippen molar-refractivity contribution in [3.63, 3.8) is 0 Å². The quantitative estimate of drug-likeness (QED) is 0.499. The van der Waals surface area contributed by atoms with Crippen LogP contribution in [0.4, 0.5) is 0 Å². The van der Waals surface area contributed by atoms with E-state index in [9.17, 15) is 14.4 Å². The molecule has 0 unspecified atom stereocenters. The Morgan fingerprint density at radius 2 is 1.70 bits per heavy atom. The molecule has 1 heterocycles. The Morgan fingerprint density at radius 3 is 2.33 bits per heavy atom. The number of rotatable bonds is 2. The second-order valence-electron chi connectivity index (χ2n) is 10.9. The molecule has 3 aliphatic carbocycles. The lowest BCUT2D eigenvalue weighted by molar-refractivity contribution is -0.221. The second-order valence-corrected chi connectivity index (χ2v) is 10.9. The maximum Gasteiger partial charge on any atom is 0.334 e. The van der Waals surface area contributed by atoms with Gasteiger partial charge in [-0.1, -0.05) is 34.1 Å². The SMILES string of the molecule is CC(=O)O[C@H]1CC2=C(COC2=O)[C@]2(C)[C@@H](OC(C)=O)C[C@H]3C(C)(C)CCC[C@]3(C)[C@@H]12. The van der Waals surface area contributed by atoms with Crippen LogP contribution in [0.3, 0.4) is 0 Å². The summed E-state index contributed by atoms with van der Waals surface area (Å²) in [6.07, 6.45) is 3.57. The Labute approximate surface area is 178 Å². The molecule has 166 valence electrons. The van der Waals surface area contributed by atoms with Crippen molar-refractivity contribution in [3.05, 3.63) is 11.1 Å². The van der Waals surface area contributed by atoms with Crippen LogP contribution in [0.15, 0.2) is 11.1 Å². The molecule has 0 aromatic rings. The van der Waals surface area contributed by atoms with Gasteiger partial charge in [0.25, 0.3) is 0 Å². The summed E-state index contributed by atoms with van der Waals surface area (Å²) in [5.74, 6) is -0.731. The average molecular weight is 419 g/mol. The lowest BCUT2D eigenvalue weighted by Gasteiger charge is -2.66. The topological polar surface area (TPSA) is 78.9 Å². The van der Waals surface area contributed by atoms with Gasteiger partial charge in [0.05, 0.1) is 0 Å². The van der Waals surface area contributed by atoms with E-state index in [1.54, 1.807) is 0 Å². The molecule has 4 rings (SSSR count). The minimum Gasteiger partial charge on any atom is -0.462 e. The summed E-state index contributed by atoms with van der Waals surface area (Å²) in [5.41, 5.74) is 0.927. The molecule has 6 atom stereocenters. The van der Waals surface area contributed by atoms with E-state index in [1.165, 1.54) is 13.8 Å². The van der Waals surface area contributed by atoms with Crippen LogP contribution in [-0.2, 0) is 28.6 Å². The Bertz CT molecular complexity index is 826. The summed E-state index contributed by atoms with van der Waals surface area (Å²) >= 11 is 0. The summed E-state index contributed by atoms with van der Waals surface area (Å²) < 4.78 is 17.3. The summed E-state index contributed by atoms with van der Waals surface area (Å²) in [7, 11) is 0. The van der Waals surface area contributed by atoms with Crippen molar-refractivity contribution in [2.24, 2.45) is 28.1 Å². The van der Waals surface area contributed by atoms with Crippen molar-refractivity contribution < 1.29 is 28.6 Å². The van der Waals surface area contributed by atoms with E-state index in [-0.39, 0.29) is 47.4 Å². The molecule has 0 amide bonds. The highest BCUT2D eigenvalue weighted by atomic mass is 16.6. The molecular formula is C24H34O6. The van der Waals surface area contributed by atoms with E-state index < -0.39 is 11.5 Å². The van der Waals surface area contributed by atoms with Gasteiger partial charge < -0.3 is 14.2 Å². The number of ether oxygens (including phenoxy) is 3. The third kappa shape index (κ3) is 2.93. The van der Waals surface area contributed by atoms with Gasteiger partial charge in [-0.05, 0) is 41.6 Å². The van der Waals surface area contributed by atoms with Gasteiger partial charge in [-0.3, -0.25) is 9.59 Å². The zero-order chi connectivity index (χ0) is 22.1. The zero-order valence-corrected chi connectivity index (χ0v) is 19.0. The highest BCUT2D eigenvalue weighted by molar-refractivity contribution is 5.92. The van der Waals surface area contributed by atoms with Crippen LogP contribution in [0, 0.1) is 28.1 Å². The van der Waals surface area contributed by atoms with Gasteiger partial charge in [-0.25, -0.2) is 4.79 Å². The molecule has 2 fully saturated rings. The zero-order valence-electron chi connectivity index (χ0n) is 19.0. The number of carbonyl (C=O) groups excluding carboxylic acids is 3. The van der Waals surface area contributed by atoms with E-state index in [4.69, 9.17) is 14.2 Å². The van der Waals surface area contributed by atoms with Crippen LogP contribution < -0.4 is 0 Å². The molecule has 0 N–H and O–H groups in total. The predicted octanol–water partition coefficient (Wildman–Crippen LogP) is 3.97. The van der Waals surface area contributed by atoms with Crippen LogP contribution in [0.1, 0.15) is 73.6 Å². The molecule has 0 spiro atoms. The maximum absolute atomic E-state index is 12.5. The van der Waals surface area contributed by atoms with Crippen molar-refractivity contribution in [2.45, 2.75) is 85.9 Å². The van der Waals surface area contributed by atoms with Gasteiger partial charge >= 0.3 is 17.9 Å². The predicted molar refractivity (Wildman–Crippen MR) is 109 cm³/mol. The van der Waals surface area contributed by atoms with E-state index in [2.05, 4.69) is 27.7 Å². The van der Waals surface area contributed by atoms with E-state index in [0.717, 1.165) is 31.3 Å². The van der Waals surface area contributed by atoms with Crippen molar-refractivity contribution >= 4 is 17.9 Å². The first-order chi connectivity index (χ1) is 13.9. The van der Waals surface area contributed by atoms with Gasteiger partial charge in [0.15, 0.2) is 0 Å². The number of carbonyl (C=O) groups is 3. The molecule has 4 aliphatic rings. The molecule has 6 nitrogen and oxygen atoms in total. The molecule has 0 aromatic heterocycles. The first kappa shape index (κ1) is 21.4. The van der Waals surface area contributed by atoms with E-state index in [1.807, 2.05) is 0 Å². The van der Waals surface area contributed by atoms with Crippen LogP contribution in [0.25, 0.3) is 0 Å². The van der Waals surface area contributed by atoms with Crippen molar-refractivity contribution in [2.75, 3.05) is 6.61 Å². The van der Waals surface area contributed by atoms with Gasteiger partial charge in [0.1, 0.15) is 18.8 Å². The average Bonchev–Trinajstić information content (AvgIpc) is 2.97. The lowest BCUT2D eigenvalue weighted by Crippen LogP contribution is -2.66. The summed E-state index contributed by atoms with van der Waals surface area (Å²) in [5, 5.41) is 0. The monoisotopic (exact) mass is 418 g/mol. The molecule has 30 heavy (non-hydrogen) atoms. The third-order valence-electron chi connectivity index (χ3n) is 8.76. The van der Waals surface area contributed by atoms with Crippen molar-refractivity contribution in [1.29, 1.82) is 0 Å². The fraction of sp³-hybridized carbons (Fsp3) is 0.792. The highest BCUT2D eigenvalue weighted by Crippen LogP contribution is 2.69. The third-order valence-corrected chi connectivity index (χ3v) is 8.76. The molecule has 0 radical (unpaired) electrons. The molecule has 0 saturated heterocycles. The highest BCUT2D eigenvalue weighted by Gasteiger charge is 2.68. The number of hydrogen-bond acceptors (Lipinski definition) is 6. The molecule has 1 aliphatic heterocycles. The van der Waals surface area contributed by atoms with Gasteiger partial charge in [-0.15, -0.1) is 0 Å². The standard InChI is InChI=1S/C24H34O6/c1-13(25)29-17-10-15-16(12-28-21(15)27)24(6)19(30-14(2)26)11-18-22(3,4)8-7-9-23(18,5)20(17)24/h17-20H,7-12H2,1-6H3/t17-,18-,19-,20+,23-,24+/m0/s1. The van der Waals surface area contributed by atoms with Crippen LogP contribution >= 0.6 is 0 Å². The molecule has 0 aromatic carbocycles. The Kier molecular flexibility index (Phi) is 4.87. The fourth-order valence-corrected chi connectivity index (χ4v) is 7.80. The molecule has 2 saturated carbocycles. The first-order valence-corrected chi connectivity index (χ1v) is 11.2.